The number of thiazole rings is 1. The zero-order valence-corrected chi connectivity index (χ0v) is 16.5. The smallest absolute Gasteiger partial charge is 0.186 e. The topological polar surface area (TPSA) is 58.7 Å². The third-order valence-electron chi connectivity index (χ3n) is 4.24. The molecule has 2 aromatic carbocycles. The molecule has 1 saturated heterocycles. The van der Waals surface area contributed by atoms with Crippen molar-refractivity contribution in [1.82, 2.24) is 4.98 Å². The van der Waals surface area contributed by atoms with E-state index in [1.807, 2.05) is 36.4 Å². The van der Waals surface area contributed by atoms with Gasteiger partial charge in [-0.25, -0.2) is 4.98 Å². The monoisotopic (exact) mass is 400 g/mol. The number of thiocarbonyl (C=S) groups is 1. The summed E-state index contributed by atoms with van der Waals surface area (Å²) >= 11 is 7.12. The molecule has 2 N–H and O–H groups in total. The van der Waals surface area contributed by atoms with Gasteiger partial charge in [0.2, 0.25) is 0 Å². The number of fused-ring (bicyclic) bond motifs is 1. The lowest BCUT2D eigenvalue weighted by atomic mass is 10.3. The van der Waals surface area contributed by atoms with Gasteiger partial charge in [-0.2, -0.15) is 0 Å². The molecule has 0 aliphatic carbocycles. The molecule has 27 heavy (non-hydrogen) atoms. The predicted octanol–water partition coefficient (Wildman–Crippen LogP) is 3.95. The maximum Gasteiger partial charge on any atom is 0.186 e. The van der Waals surface area contributed by atoms with E-state index in [1.165, 1.54) is 0 Å². The first-order valence-corrected chi connectivity index (χ1v) is 9.89. The SMILES string of the molecule is COc1cccc(NC(=S)Nc2ccc3nc(N4CCOCC4)sc3c2)c1. The number of anilines is 3. The highest BCUT2D eigenvalue weighted by Crippen LogP contribution is 2.31. The Morgan fingerprint density at radius 2 is 1.93 bits per heavy atom. The van der Waals surface area contributed by atoms with Crippen molar-refractivity contribution in [2.45, 2.75) is 0 Å². The fraction of sp³-hybridized carbons (Fsp3) is 0.263. The molecule has 0 amide bonds. The molecule has 0 bridgehead atoms. The van der Waals surface area contributed by atoms with E-state index in [1.54, 1.807) is 18.4 Å². The minimum atomic E-state index is 0.528. The van der Waals surface area contributed by atoms with Gasteiger partial charge in [-0.1, -0.05) is 17.4 Å². The summed E-state index contributed by atoms with van der Waals surface area (Å²) in [5.74, 6) is 0.782. The molecule has 1 aromatic heterocycles. The summed E-state index contributed by atoms with van der Waals surface area (Å²) in [5, 5.41) is 7.98. The van der Waals surface area contributed by atoms with Crippen molar-refractivity contribution in [2.24, 2.45) is 0 Å². The maximum atomic E-state index is 5.43. The van der Waals surface area contributed by atoms with Crippen molar-refractivity contribution >= 4 is 55.4 Å². The molecule has 1 fully saturated rings. The highest BCUT2D eigenvalue weighted by Gasteiger charge is 2.15. The molecule has 0 saturated carbocycles. The van der Waals surface area contributed by atoms with Gasteiger partial charge in [0.15, 0.2) is 10.2 Å². The number of nitrogens with one attached hydrogen (secondary N) is 2. The molecule has 3 aromatic rings. The quantitative estimate of drug-likeness (QED) is 0.643. The largest absolute Gasteiger partial charge is 0.497 e. The van der Waals surface area contributed by atoms with Crippen LogP contribution in [-0.4, -0.2) is 43.5 Å². The second kappa shape index (κ2) is 8.08. The van der Waals surface area contributed by atoms with E-state index in [2.05, 4.69) is 21.6 Å². The van der Waals surface area contributed by atoms with E-state index in [-0.39, 0.29) is 0 Å². The van der Waals surface area contributed by atoms with E-state index in [0.717, 1.165) is 58.8 Å². The lowest BCUT2D eigenvalue weighted by Gasteiger charge is -2.25. The van der Waals surface area contributed by atoms with E-state index in [4.69, 9.17) is 26.7 Å². The number of aromatic nitrogens is 1. The fourth-order valence-electron chi connectivity index (χ4n) is 2.87. The van der Waals surface area contributed by atoms with Gasteiger partial charge < -0.3 is 25.0 Å². The summed E-state index contributed by atoms with van der Waals surface area (Å²) in [6.07, 6.45) is 0. The Balaban J connectivity index is 1.45. The molecule has 4 rings (SSSR count). The molecule has 1 aliphatic rings. The van der Waals surface area contributed by atoms with Crippen LogP contribution in [-0.2, 0) is 4.74 Å². The van der Waals surface area contributed by atoms with E-state index in [9.17, 15) is 0 Å². The van der Waals surface area contributed by atoms with Crippen LogP contribution in [0.2, 0.25) is 0 Å². The molecule has 2 heterocycles. The first-order valence-electron chi connectivity index (χ1n) is 8.66. The number of hydrogen-bond donors (Lipinski definition) is 2. The Bertz CT molecular complexity index is 954. The molecule has 0 spiro atoms. The van der Waals surface area contributed by atoms with Crippen molar-refractivity contribution in [1.29, 1.82) is 0 Å². The lowest BCUT2D eigenvalue weighted by Crippen LogP contribution is -2.36. The van der Waals surface area contributed by atoms with Gasteiger partial charge in [0, 0.05) is 30.5 Å². The molecule has 140 valence electrons. The van der Waals surface area contributed by atoms with E-state index >= 15 is 0 Å². The Morgan fingerprint density at radius 1 is 1.15 bits per heavy atom. The fourth-order valence-corrected chi connectivity index (χ4v) is 4.17. The third kappa shape index (κ3) is 4.29. The number of rotatable bonds is 4. The minimum absolute atomic E-state index is 0.528. The average Bonchev–Trinajstić information content (AvgIpc) is 3.12. The number of benzene rings is 2. The number of ether oxygens (including phenoxy) is 2. The normalized spacial score (nSPS) is 14.2. The summed E-state index contributed by atoms with van der Waals surface area (Å²) in [5.41, 5.74) is 2.80. The second-order valence-electron chi connectivity index (χ2n) is 6.09. The Labute approximate surface area is 167 Å². The first kappa shape index (κ1) is 18.0. The standard InChI is InChI=1S/C19H20N4O2S2/c1-24-15-4-2-3-13(11-15)20-18(26)21-14-5-6-16-17(12-14)27-19(22-16)23-7-9-25-10-8-23/h2-6,11-12H,7-10H2,1H3,(H2,20,21,26). The van der Waals surface area contributed by atoms with Crippen LogP contribution in [0.3, 0.4) is 0 Å². The zero-order valence-electron chi connectivity index (χ0n) is 14.9. The third-order valence-corrected chi connectivity index (χ3v) is 5.53. The summed E-state index contributed by atoms with van der Waals surface area (Å²) in [6, 6.07) is 13.7. The second-order valence-corrected chi connectivity index (χ2v) is 7.51. The van der Waals surface area contributed by atoms with Crippen molar-refractivity contribution in [3.63, 3.8) is 0 Å². The highest BCUT2D eigenvalue weighted by atomic mass is 32.1. The molecule has 0 radical (unpaired) electrons. The van der Waals surface area contributed by atoms with Crippen molar-refractivity contribution in [3.05, 3.63) is 42.5 Å². The summed E-state index contributed by atoms with van der Waals surface area (Å²) in [4.78, 5) is 7.02. The maximum absolute atomic E-state index is 5.43. The van der Waals surface area contributed by atoms with Gasteiger partial charge in [-0.15, -0.1) is 0 Å². The van der Waals surface area contributed by atoms with Gasteiger partial charge in [0.25, 0.3) is 0 Å². The average molecular weight is 401 g/mol. The number of hydrogen-bond acceptors (Lipinski definition) is 6. The Hall–Kier alpha value is -2.42. The summed E-state index contributed by atoms with van der Waals surface area (Å²) < 4.78 is 11.8. The summed E-state index contributed by atoms with van der Waals surface area (Å²) in [6.45, 7) is 3.29. The minimum Gasteiger partial charge on any atom is -0.497 e. The molecule has 8 heteroatoms. The van der Waals surface area contributed by atoms with E-state index < -0.39 is 0 Å². The number of nitrogens with zero attached hydrogens (tertiary/aromatic N) is 2. The number of methoxy groups -OCH3 is 1. The van der Waals surface area contributed by atoms with Crippen molar-refractivity contribution < 1.29 is 9.47 Å². The molecule has 1 aliphatic heterocycles. The lowest BCUT2D eigenvalue weighted by molar-refractivity contribution is 0.122. The Morgan fingerprint density at radius 3 is 2.70 bits per heavy atom. The van der Waals surface area contributed by atoms with E-state index in [0.29, 0.717) is 5.11 Å². The molecule has 0 atom stereocenters. The van der Waals surface area contributed by atoms with Crippen LogP contribution in [0.15, 0.2) is 42.5 Å². The van der Waals surface area contributed by atoms with Gasteiger partial charge in [-0.3, -0.25) is 0 Å². The molecule has 6 nitrogen and oxygen atoms in total. The van der Waals surface area contributed by atoms with Gasteiger partial charge >= 0.3 is 0 Å². The van der Waals surface area contributed by atoms with Crippen LogP contribution in [0, 0.1) is 0 Å². The van der Waals surface area contributed by atoms with Crippen LogP contribution < -0.4 is 20.3 Å². The molecular weight excluding hydrogens is 380 g/mol. The van der Waals surface area contributed by atoms with Gasteiger partial charge in [0.05, 0.1) is 30.5 Å². The Kier molecular flexibility index (Phi) is 5.38. The predicted molar refractivity (Wildman–Crippen MR) is 115 cm³/mol. The van der Waals surface area contributed by atoms with Crippen LogP contribution in [0.5, 0.6) is 5.75 Å². The van der Waals surface area contributed by atoms with Crippen molar-refractivity contribution in [2.75, 3.05) is 48.9 Å². The molecule has 0 unspecified atom stereocenters. The van der Waals surface area contributed by atoms with Crippen molar-refractivity contribution in [3.8, 4) is 5.75 Å². The number of morpholine rings is 1. The highest BCUT2D eigenvalue weighted by molar-refractivity contribution is 7.80. The van der Waals surface area contributed by atoms with Crippen LogP contribution >= 0.6 is 23.6 Å². The van der Waals surface area contributed by atoms with Crippen LogP contribution in [0.25, 0.3) is 10.2 Å². The molecular formula is C19H20N4O2S2. The van der Waals surface area contributed by atoms with Crippen LogP contribution in [0.1, 0.15) is 0 Å². The van der Waals surface area contributed by atoms with Gasteiger partial charge in [0.1, 0.15) is 5.75 Å². The van der Waals surface area contributed by atoms with Gasteiger partial charge in [-0.05, 0) is 42.5 Å². The first-order chi connectivity index (χ1) is 13.2. The zero-order chi connectivity index (χ0) is 18.6. The van der Waals surface area contributed by atoms with Crippen LogP contribution in [0.4, 0.5) is 16.5 Å². The summed E-state index contributed by atoms with van der Waals surface area (Å²) in [7, 11) is 1.64.